The molecule has 0 aromatic heterocycles. The summed E-state index contributed by atoms with van der Waals surface area (Å²) in [5.41, 5.74) is 0. The minimum Gasteiger partial charge on any atom is -0.600 e. The SMILES string of the molecule is CCCCCCCCCCCCCCCC[N+]([O-])=NC(C)C(=O)OC. The molecule has 1 atom stereocenters. The highest BCUT2D eigenvalue weighted by Gasteiger charge is 2.15. The fraction of sp³-hybridized carbons (Fsp3) is 0.950. The molecule has 0 aliphatic rings. The number of ether oxygens (including phenoxy) is 1. The summed E-state index contributed by atoms with van der Waals surface area (Å²) in [6.07, 6.45) is 18.1. The second kappa shape index (κ2) is 17.7. The van der Waals surface area contributed by atoms with Crippen molar-refractivity contribution in [2.75, 3.05) is 13.7 Å². The van der Waals surface area contributed by atoms with E-state index in [4.69, 9.17) is 0 Å². The van der Waals surface area contributed by atoms with Gasteiger partial charge in [-0.25, -0.2) is 4.79 Å². The lowest BCUT2D eigenvalue weighted by Crippen LogP contribution is -2.19. The maximum absolute atomic E-state index is 11.5. The number of esters is 1. The first-order valence-electron chi connectivity index (χ1n) is 10.3. The van der Waals surface area contributed by atoms with Crippen molar-refractivity contribution in [2.24, 2.45) is 5.11 Å². The lowest BCUT2D eigenvalue weighted by molar-refractivity contribution is -0.532. The van der Waals surface area contributed by atoms with Gasteiger partial charge in [0.2, 0.25) is 6.04 Å². The van der Waals surface area contributed by atoms with Crippen LogP contribution < -0.4 is 0 Å². The van der Waals surface area contributed by atoms with Crippen LogP contribution in [0, 0.1) is 5.21 Å². The van der Waals surface area contributed by atoms with Crippen LogP contribution in [0.15, 0.2) is 5.11 Å². The number of carbonyl (C=O) groups excluding carboxylic acids is 1. The second-order valence-corrected chi connectivity index (χ2v) is 6.99. The lowest BCUT2D eigenvalue weighted by Gasteiger charge is -2.05. The Labute approximate surface area is 154 Å². The van der Waals surface area contributed by atoms with E-state index in [0.29, 0.717) is 11.4 Å². The summed E-state index contributed by atoms with van der Waals surface area (Å²) >= 11 is 0. The quantitative estimate of drug-likeness (QED) is 0.106. The average molecular weight is 357 g/mol. The van der Waals surface area contributed by atoms with Crippen molar-refractivity contribution in [2.45, 2.75) is 110 Å². The summed E-state index contributed by atoms with van der Waals surface area (Å²) in [6, 6.07) is -0.714. The molecule has 148 valence electrons. The molecule has 0 N–H and O–H groups in total. The first-order valence-corrected chi connectivity index (χ1v) is 10.3. The Bertz CT molecular complexity index is 346. The van der Waals surface area contributed by atoms with Crippen molar-refractivity contribution < 1.29 is 14.4 Å². The van der Waals surface area contributed by atoms with Gasteiger partial charge in [0.15, 0.2) is 6.54 Å². The number of hydrogen-bond acceptors (Lipinski definition) is 4. The summed E-state index contributed by atoms with van der Waals surface area (Å²) in [7, 11) is 1.30. The van der Waals surface area contributed by atoms with Gasteiger partial charge in [0, 0.05) is 6.42 Å². The molecule has 0 saturated carbocycles. The average Bonchev–Trinajstić information content (AvgIpc) is 2.61. The van der Waals surface area contributed by atoms with Crippen LogP contribution in [0.2, 0.25) is 0 Å². The normalized spacial score (nSPS) is 13.0. The molecule has 5 heteroatoms. The highest BCUT2D eigenvalue weighted by Crippen LogP contribution is 2.12. The molecule has 5 nitrogen and oxygen atoms in total. The van der Waals surface area contributed by atoms with Crippen molar-refractivity contribution in [3.63, 3.8) is 0 Å². The fourth-order valence-electron chi connectivity index (χ4n) is 2.91. The molecule has 0 aliphatic carbocycles. The Morgan fingerprint density at radius 3 is 1.68 bits per heavy atom. The predicted molar refractivity (Wildman–Crippen MR) is 103 cm³/mol. The molecule has 0 aromatic rings. The summed E-state index contributed by atoms with van der Waals surface area (Å²) < 4.78 is 4.54. The predicted octanol–water partition coefficient (Wildman–Crippen LogP) is 5.99. The summed E-state index contributed by atoms with van der Waals surface area (Å²) in [4.78, 5) is 11.8. The monoisotopic (exact) mass is 356 g/mol. The number of hydroxylamine groups is 1. The summed E-state index contributed by atoms with van der Waals surface area (Å²) in [5, 5.41) is 15.3. The van der Waals surface area contributed by atoms with Gasteiger partial charge in [-0.1, -0.05) is 88.8 Å². The molecule has 0 rings (SSSR count). The molecular formula is C20H40N2O3. The number of unbranched alkanes of at least 4 members (excludes halogenated alkanes) is 13. The number of carbonyl (C=O) groups is 1. The van der Waals surface area contributed by atoms with E-state index in [1.54, 1.807) is 6.92 Å². The van der Waals surface area contributed by atoms with E-state index < -0.39 is 12.0 Å². The Kier molecular flexibility index (Phi) is 16.9. The van der Waals surface area contributed by atoms with Gasteiger partial charge in [-0.3, -0.25) is 0 Å². The van der Waals surface area contributed by atoms with Crippen LogP contribution in [0.1, 0.15) is 104 Å². The topological polar surface area (TPSA) is 64.7 Å². The zero-order valence-electron chi connectivity index (χ0n) is 16.8. The molecule has 0 heterocycles. The van der Waals surface area contributed by atoms with Crippen molar-refractivity contribution in [3.8, 4) is 0 Å². The molecule has 0 radical (unpaired) electrons. The first kappa shape index (κ1) is 23.9. The van der Waals surface area contributed by atoms with Gasteiger partial charge in [0.25, 0.3) is 0 Å². The standard InChI is InChI=1S/C20H40N2O3/c1-4-5-6-7-8-9-10-11-12-13-14-15-16-17-18-22(24)21-19(2)20(23)25-3/h19H,4-18H2,1-3H3. The van der Waals surface area contributed by atoms with Crippen LogP contribution in [0.3, 0.4) is 0 Å². The van der Waals surface area contributed by atoms with Crippen LogP contribution in [-0.4, -0.2) is 30.5 Å². The maximum atomic E-state index is 11.5. The zero-order valence-corrected chi connectivity index (χ0v) is 16.8. The third-order valence-corrected chi connectivity index (χ3v) is 4.55. The van der Waals surface area contributed by atoms with Gasteiger partial charge in [-0.2, -0.15) is 0 Å². The van der Waals surface area contributed by atoms with Gasteiger partial charge in [0.05, 0.1) is 7.11 Å². The van der Waals surface area contributed by atoms with Crippen LogP contribution >= 0.6 is 0 Å². The van der Waals surface area contributed by atoms with Crippen LogP contribution in [-0.2, 0) is 9.53 Å². The molecule has 0 aromatic carbocycles. The Hall–Kier alpha value is -1.13. The van der Waals surface area contributed by atoms with Crippen molar-refractivity contribution in [3.05, 3.63) is 5.21 Å². The number of nitrogens with zero attached hydrogens (tertiary/aromatic N) is 2. The Balaban J connectivity index is 3.33. The third-order valence-electron chi connectivity index (χ3n) is 4.55. The molecule has 0 bridgehead atoms. The number of azo groups is 1. The van der Waals surface area contributed by atoms with Crippen LogP contribution in [0.25, 0.3) is 0 Å². The van der Waals surface area contributed by atoms with Crippen molar-refractivity contribution >= 4 is 5.97 Å². The van der Waals surface area contributed by atoms with Crippen LogP contribution in [0.5, 0.6) is 0 Å². The van der Waals surface area contributed by atoms with Gasteiger partial charge in [-0.05, 0) is 18.5 Å². The summed E-state index contributed by atoms with van der Waals surface area (Å²) in [5.74, 6) is -0.471. The molecule has 0 fully saturated rings. The molecule has 0 saturated heterocycles. The van der Waals surface area contributed by atoms with Gasteiger partial charge in [0.1, 0.15) is 0 Å². The van der Waals surface area contributed by atoms with Crippen molar-refractivity contribution in [1.29, 1.82) is 0 Å². The largest absolute Gasteiger partial charge is 0.600 e. The summed E-state index contributed by atoms with van der Waals surface area (Å²) in [6.45, 7) is 4.19. The van der Waals surface area contributed by atoms with E-state index in [-0.39, 0.29) is 0 Å². The van der Waals surface area contributed by atoms with E-state index in [1.165, 1.54) is 84.2 Å². The molecule has 0 aliphatic heterocycles. The van der Waals surface area contributed by atoms with E-state index in [0.717, 1.165) is 12.8 Å². The number of rotatable bonds is 17. The number of hydrogen-bond donors (Lipinski definition) is 0. The highest BCUT2D eigenvalue weighted by molar-refractivity contribution is 5.74. The first-order chi connectivity index (χ1) is 12.1. The molecule has 0 spiro atoms. The van der Waals surface area contributed by atoms with E-state index in [9.17, 15) is 10.0 Å². The minimum absolute atomic E-state index is 0.360. The van der Waals surface area contributed by atoms with E-state index >= 15 is 0 Å². The van der Waals surface area contributed by atoms with Gasteiger partial charge in [-0.15, -0.1) is 0 Å². The van der Waals surface area contributed by atoms with Crippen LogP contribution in [0.4, 0.5) is 0 Å². The Morgan fingerprint density at radius 1 is 0.880 bits per heavy atom. The minimum atomic E-state index is -0.714. The zero-order chi connectivity index (χ0) is 18.8. The third kappa shape index (κ3) is 16.1. The molecule has 1 unspecified atom stereocenters. The molecule has 25 heavy (non-hydrogen) atoms. The molecular weight excluding hydrogens is 316 g/mol. The van der Waals surface area contributed by atoms with Gasteiger partial charge >= 0.3 is 5.97 Å². The van der Waals surface area contributed by atoms with Crippen molar-refractivity contribution in [1.82, 2.24) is 0 Å². The molecule has 0 amide bonds. The second-order valence-electron chi connectivity index (χ2n) is 6.99. The van der Waals surface area contributed by atoms with E-state index in [2.05, 4.69) is 16.8 Å². The Morgan fingerprint density at radius 2 is 1.28 bits per heavy atom. The van der Waals surface area contributed by atoms with Gasteiger partial charge < -0.3 is 9.94 Å². The highest BCUT2D eigenvalue weighted by atomic mass is 16.5. The maximum Gasteiger partial charge on any atom is 0.336 e. The van der Waals surface area contributed by atoms with E-state index in [1.807, 2.05) is 0 Å². The fourth-order valence-corrected chi connectivity index (χ4v) is 2.91. The smallest absolute Gasteiger partial charge is 0.336 e. The number of methoxy groups -OCH3 is 1. The lowest BCUT2D eigenvalue weighted by atomic mass is 10.0.